The van der Waals surface area contributed by atoms with Gasteiger partial charge in [0.2, 0.25) is 0 Å². The zero-order valence-corrected chi connectivity index (χ0v) is 11.2. The van der Waals surface area contributed by atoms with Crippen molar-refractivity contribution in [3.8, 4) is 17.1 Å². The Morgan fingerprint density at radius 2 is 2.10 bits per heavy atom. The Kier molecular flexibility index (Phi) is 3.84. The maximum absolute atomic E-state index is 11.7. The molecule has 104 valence electrons. The number of hydrogen-bond donors (Lipinski definition) is 1. The zero-order chi connectivity index (χ0) is 14.7. The number of rotatable bonds is 4. The number of hydrogen-bond acceptors (Lipinski definition) is 4. The highest BCUT2D eigenvalue weighted by Gasteiger charge is 2.15. The molecule has 1 heterocycles. The molecule has 0 amide bonds. The van der Waals surface area contributed by atoms with E-state index >= 15 is 0 Å². The summed E-state index contributed by atoms with van der Waals surface area (Å²) in [7, 11) is 1.64. The summed E-state index contributed by atoms with van der Waals surface area (Å²) >= 11 is 0. The summed E-state index contributed by atoms with van der Waals surface area (Å²) in [6.45, 7) is 2.34. The minimum absolute atomic E-state index is 0.356. The van der Waals surface area contributed by atoms with Crippen molar-refractivity contribution in [2.75, 3.05) is 6.61 Å². The first-order valence-electron chi connectivity index (χ1n) is 6.07. The number of aromatic carboxylic acids is 1. The van der Waals surface area contributed by atoms with Crippen molar-refractivity contribution < 1.29 is 14.6 Å². The number of ether oxygens (including phenoxy) is 1. The van der Waals surface area contributed by atoms with Gasteiger partial charge in [-0.25, -0.2) is 4.79 Å². The van der Waals surface area contributed by atoms with Crippen LogP contribution in [-0.2, 0) is 7.05 Å². The molecule has 2 rings (SSSR count). The van der Waals surface area contributed by atoms with E-state index in [0.29, 0.717) is 23.7 Å². The molecule has 0 aliphatic carbocycles. The minimum Gasteiger partial charge on any atom is -0.493 e. The van der Waals surface area contributed by atoms with E-state index in [1.54, 1.807) is 25.2 Å². The molecule has 2 aromatic rings. The Morgan fingerprint density at radius 1 is 1.40 bits per heavy atom. The van der Waals surface area contributed by atoms with Gasteiger partial charge in [-0.05, 0) is 19.1 Å². The first-order valence-corrected chi connectivity index (χ1v) is 6.07. The highest BCUT2D eigenvalue weighted by Crippen LogP contribution is 2.27. The van der Waals surface area contributed by atoms with Gasteiger partial charge in [-0.3, -0.25) is 4.79 Å². The van der Waals surface area contributed by atoms with Crippen LogP contribution in [0.3, 0.4) is 0 Å². The van der Waals surface area contributed by atoms with Crippen molar-refractivity contribution in [2.45, 2.75) is 6.92 Å². The lowest BCUT2D eigenvalue weighted by Gasteiger charge is -2.12. The van der Waals surface area contributed by atoms with Crippen LogP contribution in [0.5, 0.6) is 5.75 Å². The molecule has 0 fully saturated rings. The normalized spacial score (nSPS) is 10.3. The van der Waals surface area contributed by atoms with Crippen LogP contribution in [0.2, 0.25) is 0 Å². The van der Waals surface area contributed by atoms with Gasteiger partial charge in [0.15, 0.2) is 0 Å². The van der Waals surface area contributed by atoms with Crippen molar-refractivity contribution in [1.29, 1.82) is 0 Å². The Labute approximate surface area is 115 Å². The van der Waals surface area contributed by atoms with E-state index in [0.717, 1.165) is 0 Å². The first kappa shape index (κ1) is 13.8. The third-order valence-electron chi connectivity index (χ3n) is 2.75. The highest BCUT2D eigenvalue weighted by molar-refractivity contribution is 5.87. The van der Waals surface area contributed by atoms with Crippen LogP contribution >= 0.6 is 0 Å². The summed E-state index contributed by atoms with van der Waals surface area (Å²) < 4.78 is 6.99. The molecule has 1 aromatic carbocycles. The molecule has 0 spiro atoms. The van der Waals surface area contributed by atoms with Crippen molar-refractivity contribution in [2.24, 2.45) is 7.05 Å². The average molecular weight is 274 g/mol. The van der Waals surface area contributed by atoms with E-state index in [-0.39, 0.29) is 5.56 Å². The summed E-state index contributed by atoms with van der Waals surface area (Å²) in [5.41, 5.74) is -0.479. The SMILES string of the molecule is CCOc1ccccc1-c1nc(=O)c(C(=O)O)cn1C. The van der Waals surface area contributed by atoms with Gasteiger partial charge in [0, 0.05) is 13.2 Å². The second-order valence-corrected chi connectivity index (χ2v) is 4.13. The van der Waals surface area contributed by atoms with E-state index in [4.69, 9.17) is 9.84 Å². The predicted molar refractivity (Wildman–Crippen MR) is 73.0 cm³/mol. The molecular weight excluding hydrogens is 260 g/mol. The summed E-state index contributed by atoms with van der Waals surface area (Å²) in [6.07, 6.45) is 1.26. The summed E-state index contributed by atoms with van der Waals surface area (Å²) in [5.74, 6) is -0.327. The van der Waals surface area contributed by atoms with Crippen molar-refractivity contribution in [1.82, 2.24) is 9.55 Å². The number of para-hydroxylation sites is 1. The molecule has 6 nitrogen and oxygen atoms in total. The van der Waals surface area contributed by atoms with Crippen LogP contribution in [0.1, 0.15) is 17.3 Å². The summed E-state index contributed by atoms with van der Waals surface area (Å²) in [4.78, 5) is 26.5. The number of benzene rings is 1. The number of carboxylic acid groups (broad SMARTS) is 1. The third kappa shape index (κ3) is 2.54. The van der Waals surface area contributed by atoms with Gasteiger partial charge in [0.25, 0.3) is 5.56 Å². The molecule has 0 bridgehead atoms. The van der Waals surface area contributed by atoms with Gasteiger partial charge < -0.3 is 14.4 Å². The topological polar surface area (TPSA) is 81.4 Å². The molecule has 0 atom stereocenters. The monoisotopic (exact) mass is 274 g/mol. The molecule has 0 aliphatic rings. The molecule has 0 aliphatic heterocycles. The Hall–Kier alpha value is -2.63. The van der Waals surface area contributed by atoms with E-state index in [2.05, 4.69) is 4.98 Å². The van der Waals surface area contributed by atoms with E-state index in [9.17, 15) is 9.59 Å². The van der Waals surface area contributed by atoms with Gasteiger partial charge in [-0.2, -0.15) is 4.98 Å². The van der Waals surface area contributed by atoms with Crippen LogP contribution in [-0.4, -0.2) is 27.2 Å². The number of carboxylic acids is 1. The lowest BCUT2D eigenvalue weighted by atomic mass is 10.1. The number of aromatic nitrogens is 2. The van der Waals surface area contributed by atoms with Gasteiger partial charge in [-0.15, -0.1) is 0 Å². The molecule has 0 saturated carbocycles. The number of nitrogens with zero attached hydrogens (tertiary/aromatic N) is 2. The summed E-state index contributed by atoms with van der Waals surface area (Å²) in [6, 6.07) is 7.16. The Morgan fingerprint density at radius 3 is 2.75 bits per heavy atom. The predicted octanol–water partition coefficient (Wildman–Crippen LogP) is 1.54. The van der Waals surface area contributed by atoms with E-state index in [1.807, 2.05) is 13.0 Å². The number of aryl methyl sites for hydroxylation is 1. The lowest BCUT2D eigenvalue weighted by molar-refractivity contribution is 0.0694. The molecule has 0 radical (unpaired) electrons. The van der Waals surface area contributed by atoms with Crippen LogP contribution < -0.4 is 10.3 Å². The molecule has 1 aromatic heterocycles. The van der Waals surface area contributed by atoms with Crippen molar-refractivity contribution >= 4 is 5.97 Å². The number of carbonyl (C=O) groups is 1. The Balaban J connectivity index is 2.62. The third-order valence-corrected chi connectivity index (χ3v) is 2.75. The molecule has 1 N–H and O–H groups in total. The highest BCUT2D eigenvalue weighted by atomic mass is 16.5. The maximum atomic E-state index is 11.7. The fourth-order valence-corrected chi connectivity index (χ4v) is 1.87. The smallest absolute Gasteiger partial charge is 0.342 e. The van der Waals surface area contributed by atoms with Crippen LogP contribution in [0, 0.1) is 0 Å². The lowest BCUT2D eigenvalue weighted by Crippen LogP contribution is -2.21. The van der Waals surface area contributed by atoms with Gasteiger partial charge in [-0.1, -0.05) is 12.1 Å². The molecular formula is C14H14N2O4. The van der Waals surface area contributed by atoms with Gasteiger partial charge in [0.05, 0.1) is 12.2 Å². The fraction of sp³-hybridized carbons (Fsp3) is 0.214. The maximum Gasteiger partial charge on any atom is 0.342 e. The zero-order valence-electron chi connectivity index (χ0n) is 11.2. The van der Waals surface area contributed by atoms with Gasteiger partial charge >= 0.3 is 5.97 Å². The van der Waals surface area contributed by atoms with Crippen LogP contribution in [0.4, 0.5) is 0 Å². The Bertz CT molecular complexity index is 707. The van der Waals surface area contributed by atoms with Gasteiger partial charge in [0.1, 0.15) is 17.1 Å². The van der Waals surface area contributed by atoms with Crippen LogP contribution in [0.25, 0.3) is 11.4 Å². The van der Waals surface area contributed by atoms with Crippen molar-refractivity contribution in [3.05, 3.63) is 46.4 Å². The molecule has 0 saturated heterocycles. The molecule has 0 unspecified atom stereocenters. The second-order valence-electron chi connectivity index (χ2n) is 4.13. The standard InChI is InChI=1S/C14H14N2O4/c1-3-20-11-7-5-4-6-9(11)12-15-13(17)10(14(18)19)8-16(12)2/h4-8H,3H2,1-2H3,(H,18,19). The van der Waals surface area contributed by atoms with E-state index < -0.39 is 11.5 Å². The fourth-order valence-electron chi connectivity index (χ4n) is 1.87. The largest absolute Gasteiger partial charge is 0.493 e. The first-order chi connectivity index (χ1) is 9.54. The van der Waals surface area contributed by atoms with E-state index in [1.165, 1.54) is 10.8 Å². The molecule has 6 heteroatoms. The second kappa shape index (κ2) is 5.56. The van der Waals surface area contributed by atoms with Crippen molar-refractivity contribution in [3.63, 3.8) is 0 Å². The molecule has 20 heavy (non-hydrogen) atoms. The van der Waals surface area contributed by atoms with Crippen LogP contribution in [0.15, 0.2) is 35.3 Å². The summed E-state index contributed by atoms with van der Waals surface area (Å²) in [5, 5.41) is 8.91. The average Bonchev–Trinajstić information content (AvgIpc) is 2.42. The minimum atomic E-state index is -1.29. The quantitative estimate of drug-likeness (QED) is 0.914.